The van der Waals surface area contributed by atoms with Gasteiger partial charge in [-0.05, 0) is 24.1 Å². The first-order chi connectivity index (χ1) is 9.28. The molecule has 2 aromatic heterocycles. The summed E-state index contributed by atoms with van der Waals surface area (Å²) in [7, 11) is 0. The van der Waals surface area contributed by atoms with Crippen LogP contribution < -0.4 is 10.5 Å². The smallest absolute Gasteiger partial charge is 0.265 e. The molecule has 19 heavy (non-hydrogen) atoms. The largest absolute Gasteiger partial charge is 0.436 e. The average molecular weight is 255 g/mol. The highest BCUT2D eigenvalue weighted by Gasteiger charge is 2.09. The number of aromatic nitrogens is 4. The van der Waals surface area contributed by atoms with E-state index in [0.717, 1.165) is 16.9 Å². The maximum atomic E-state index is 5.83. The summed E-state index contributed by atoms with van der Waals surface area (Å²) in [6.45, 7) is 2.44. The molecule has 3 aromatic rings. The predicted octanol–water partition coefficient (Wildman–Crippen LogP) is 1.68. The molecule has 0 atom stereocenters. The van der Waals surface area contributed by atoms with E-state index in [0.29, 0.717) is 18.1 Å². The van der Waals surface area contributed by atoms with Gasteiger partial charge < -0.3 is 10.5 Å². The second-order valence-corrected chi connectivity index (χ2v) is 4.20. The van der Waals surface area contributed by atoms with Gasteiger partial charge in [0.25, 0.3) is 5.88 Å². The molecule has 0 aliphatic carbocycles. The van der Waals surface area contributed by atoms with Gasteiger partial charge in [-0.3, -0.25) is 4.40 Å². The fraction of sp³-hybridized carbons (Fsp3) is 0.154. The lowest BCUT2D eigenvalue weighted by atomic mass is 10.1. The van der Waals surface area contributed by atoms with Crippen LogP contribution in [0.2, 0.25) is 0 Å². The quantitative estimate of drug-likeness (QED) is 0.770. The number of ether oxygens (including phenoxy) is 1. The number of rotatable bonds is 3. The van der Waals surface area contributed by atoms with Crippen molar-refractivity contribution in [2.45, 2.75) is 13.5 Å². The van der Waals surface area contributed by atoms with Crippen LogP contribution in [0.3, 0.4) is 0 Å². The molecule has 0 saturated carbocycles. The highest BCUT2D eigenvalue weighted by molar-refractivity contribution is 5.50. The van der Waals surface area contributed by atoms with Gasteiger partial charge in [-0.25, -0.2) is 4.98 Å². The van der Waals surface area contributed by atoms with Crippen LogP contribution in [-0.2, 0) is 6.54 Å². The third-order valence-electron chi connectivity index (χ3n) is 2.88. The fourth-order valence-electron chi connectivity index (χ4n) is 1.79. The average Bonchev–Trinajstić information content (AvgIpc) is 2.90. The van der Waals surface area contributed by atoms with Crippen molar-refractivity contribution in [1.82, 2.24) is 19.6 Å². The Labute approximate surface area is 109 Å². The summed E-state index contributed by atoms with van der Waals surface area (Å²) in [4.78, 5) is 4.19. The number of benzene rings is 1. The Kier molecular flexibility index (Phi) is 2.85. The Morgan fingerprint density at radius 2 is 2.26 bits per heavy atom. The molecule has 96 valence electrons. The second kappa shape index (κ2) is 4.66. The van der Waals surface area contributed by atoms with Crippen LogP contribution in [0.1, 0.15) is 11.1 Å². The van der Waals surface area contributed by atoms with Crippen LogP contribution >= 0.6 is 0 Å². The third-order valence-corrected chi connectivity index (χ3v) is 2.88. The third kappa shape index (κ3) is 2.13. The number of fused-ring (bicyclic) bond motifs is 1. The highest BCUT2D eigenvalue weighted by atomic mass is 16.5. The maximum Gasteiger partial charge on any atom is 0.265 e. The molecule has 0 bridgehead atoms. The van der Waals surface area contributed by atoms with Crippen molar-refractivity contribution in [3.8, 4) is 11.6 Å². The van der Waals surface area contributed by atoms with Gasteiger partial charge in [0, 0.05) is 18.9 Å². The van der Waals surface area contributed by atoms with Crippen molar-refractivity contribution in [3.63, 3.8) is 0 Å². The van der Waals surface area contributed by atoms with Gasteiger partial charge in [-0.1, -0.05) is 12.1 Å². The first-order valence-electron chi connectivity index (χ1n) is 5.90. The van der Waals surface area contributed by atoms with Gasteiger partial charge in [-0.2, -0.15) is 0 Å². The molecule has 0 aliphatic heterocycles. The summed E-state index contributed by atoms with van der Waals surface area (Å²) < 4.78 is 7.59. The molecule has 6 heteroatoms. The molecule has 0 radical (unpaired) electrons. The van der Waals surface area contributed by atoms with E-state index in [1.165, 1.54) is 0 Å². The Morgan fingerprint density at radius 1 is 1.37 bits per heavy atom. The normalized spacial score (nSPS) is 10.8. The minimum absolute atomic E-state index is 0.428. The van der Waals surface area contributed by atoms with E-state index in [1.54, 1.807) is 23.1 Å². The maximum absolute atomic E-state index is 5.83. The Morgan fingerprint density at radius 3 is 3.11 bits per heavy atom. The number of hydrogen-bond donors (Lipinski definition) is 1. The summed E-state index contributed by atoms with van der Waals surface area (Å²) >= 11 is 0. The summed E-state index contributed by atoms with van der Waals surface area (Å²) in [5.41, 5.74) is 8.24. The van der Waals surface area contributed by atoms with Crippen molar-refractivity contribution >= 4 is 5.65 Å². The molecule has 0 fully saturated rings. The molecule has 0 saturated heterocycles. The van der Waals surface area contributed by atoms with Gasteiger partial charge >= 0.3 is 0 Å². The van der Waals surface area contributed by atoms with E-state index in [-0.39, 0.29) is 0 Å². The lowest BCUT2D eigenvalue weighted by Gasteiger charge is -2.09. The van der Waals surface area contributed by atoms with Gasteiger partial charge in [0.05, 0.1) is 0 Å². The van der Waals surface area contributed by atoms with E-state index in [1.807, 2.05) is 25.1 Å². The molecule has 0 amide bonds. The molecule has 0 spiro atoms. The van der Waals surface area contributed by atoms with E-state index < -0.39 is 0 Å². The number of nitrogens with two attached hydrogens (primary N) is 1. The molecular formula is C13H13N5O. The van der Waals surface area contributed by atoms with Crippen molar-refractivity contribution < 1.29 is 4.74 Å². The summed E-state index contributed by atoms with van der Waals surface area (Å²) in [5.74, 6) is 1.16. The minimum Gasteiger partial charge on any atom is -0.436 e. The molecule has 2 heterocycles. The van der Waals surface area contributed by atoms with E-state index in [9.17, 15) is 0 Å². The topological polar surface area (TPSA) is 78.3 Å². The van der Waals surface area contributed by atoms with Crippen LogP contribution in [0, 0.1) is 6.92 Å². The van der Waals surface area contributed by atoms with Crippen LogP contribution in [0.15, 0.2) is 36.9 Å². The second-order valence-electron chi connectivity index (χ2n) is 4.20. The van der Waals surface area contributed by atoms with Crippen molar-refractivity contribution in [3.05, 3.63) is 48.0 Å². The first-order valence-corrected chi connectivity index (χ1v) is 5.90. The van der Waals surface area contributed by atoms with Crippen molar-refractivity contribution in [2.24, 2.45) is 5.73 Å². The van der Waals surface area contributed by atoms with E-state index in [4.69, 9.17) is 10.5 Å². The summed E-state index contributed by atoms with van der Waals surface area (Å²) in [6.07, 6.45) is 5.02. The SMILES string of the molecule is Cc1ccc(CN)cc1Oc1nccn2cnnc12. The van der Waals surface area contributed by atoms with Gasteiger partial charge in [0.2, 0.25) is 5.65 Å². The van der Waals surface area contributed by atoms with Crippen LogP contribution in [0.5, 0.6) is 11.6 Å². The molecule has 0 unspecified atom stereocenters. The van der Waals surface area contributed by atoms with Gasteiger partial charge in [0.1, 0.15) is 12.1 Å². The van der Waals surface area contributed by atoms with Gasteiger partial charge in [-0.15, -0.1) is 10.2 Å². The van der Waals surface area contributed by atoms with Crippen molar-refractivity contribution in [2.75, 3.05) is 0 Å². The number of hydrogen-bond acceptors (Lipinski definition) is 5. The highest BCUT2D eigenvalue weighted by Crippen LogP contribution is 2.26. The zero-order valence-electron chi connectivity index (χ0n) is 10.4. The lowest BCUT2D eigenvalue weighted by Crippen LogP contribution is -1.99. The molecule has 0 aliphatic rings. The first kappa shape index (κ1) is 11.6. The minimum atomic E-state index is 0.428. The summed E-state index contributed by atoms with van der Waals surface area (Å²) in [5, 5.41) is 7.82. The zero-order chi connectivity index (χ0) is 13.2. The number of aryl methyl sites for hydroxylation is 1. The molecule has 1 aromatic carbocycles. The Balaban J connectivity index is 2.03. The standard InChI is InChI=1S/C13H13N5O/c1-9-2-3-10(7-14)6-11(9)19-13-12-17-16-8-18(12)5-4-15-13/h2-6,8H,7,14H2,1H3. The van der Waals surface area contributed by atoms with Gasteiger partial charge in [0.15, 0.2) is 0 Å². The fourth-order valence-corrected chi connectivity index (χ4v) is 1.79. The molecule has 2 N–H and O–H groups in total. The number of nitrogens with zero attached hydrogens (tertiary/aromatic N) is 4. The molecule has 6 nitrogen and oxygen atoms in total. The predicted molar refractivity (Wildman–Crippen MR) is 69.9 cm³/mol. The monoisotopic (exact) mass is 255 g/mol. The molecule has 3 rings (SSSR count). The van der Waals surface area contributed by atoms with E-state index in [2.05, 4.69) is 15.2 Å². The Bertz CT molecular complexity index is 722. The van der Waals surface area contributed by atoms with Crippen LogP contribution in [0.25, 0.3) is 5.65 Å². The lowest BCUT2D eigenvalue weighted by molar-refractivity contribution is 0.460. The van der Waals surface area contributed by atoms with Crippen LogP contribution in [0.4, 0.5) is 0 Å². The zero-order valence-corrected chi connectivity index (χ0v) is 10.4. The molecular weight excluding hydrogens is 242 g/mol. The summed E-state index contributed by atoms with van der Waals surface area (Å²) in [6, 6.07) is 5.87. The Hall–Kier alpha value is -2.47. The van der Waals surface area contributed by atoms with Crippen LogP contribution in [-0.4, -0.2) is 19.6 Å². The van der Waals surface area contributed by atoms with Crippen molar-refractivity contribution in [1.29, 1.82) is 0 Å². The van der Waals surface area contributed by atoms with E-state index >= 15 is 0 Å².